The molecule has 25 heavy (non-hydrogen) atoms. The molecule has 6 nitrogen and oxygen atoms in total. The lowest BCUT2D eigenvalue weighted by Crippen LogP contribution is -2.43. The summed E-state index contributed by atoms with van der Waals surface area (Å²) in [6.45, 7) is 1.92. The Morgan fingerprint density at radius 2 is 1.84 bits per heavy atom. The normalized spacial score (nSPS) is 18.3. The topological polar surface area (TPSA) is 84.1 Å². The number of aromatic nitrogens is 2. The molecule has 0 spiro atoms. The summed E-state index contributed by atoms with van der Waals surface area (Å²) in [7, 11) is 0. The van der Waals surface area contributed by atoms with Crippen LogP contribution in [0.25, 0.3) is 0 Å². The summed E-state index contributed by atoms with van der Waals surface area (Å²) in [5.74, 6) is 0.919. The maximum Gasteiger partial charge on any atom is 0.215 e. The Morgan fingerprint density at radius 3 is 2.56 bits per heavy atom. The van der Waals surface area contributed by atoms with E-state index in [0.717, 1.165) is 37.8 Å². The SMILES string of the molecule is Nc1ncccc1C(=O)c1cccc(N2CCC(NC3CC3)CC2)n1. The highest BCUT2D eigenvalue weighted by Gasteiger charge is 2.27. The van der Waals surface area contributed by atoms with Crippen LogP contribution in [0.3, 0.4) is 0 Å². The van der Waals surface area contributed by atoms with Crippen LogP contribution in [0.5, 0.6) is 0 Å². The number of piperidine rings is 1. The molecule has 1 aliphatic heterocycles. The number of rotatable bonds is 5. The van der Waals surface area contributed by atoms with Crippen molar-refractivity contribution < 1.29 is 4.79 Å². The highest BCUT2D eigenvalue weighted by Crippen LogP contribution is 2.24. The van der Waals surface area contributed by atoms with Crippen molar-refractivity contribution >= 4 is 17.4 Å². The molecule has 0 radical (unpaired) electrons. The summed E-state index contributed by atoms with van der Waals surface area (Å²) in [6.07, 6.45) is 6.46. The van der Waals surface area contributed by atoms with E-state index >= 15 is 0 Å². The smallest absolute Gasteiger partial charge is 0.215 e. The first-order chi connectivity index (χ1) is 12.2. The van der Waals surface area contributed by atoms with Crippen LogP contribution in [-0.2, 0) is 0 Å². The van der Waals surface area contributed by atoms with Crippen molar-refractivity contribution in [3.8, 4) is 0 Å². The molecule has 6 heteroatoms. The number of nitrogens with one attached hydrogen (secondary N) is 1. The number of carbonyl (C=O) groups is 1. The quantitative estimate of drug-likeness (QED) is 0.812. The summed E-state index contributed by atoms with van der Waals surface area (Å²) >= 11 is 0. The maximum atomic E-state index is 12.7. The van der Waals surface area contributed by atoms with Gasteiger partial charge in [0.25, 0.3) is 0 Å². The minimum atomic E-state index is -0.183. The minimum Gasteiger partial charge on any atom is -0.383 e. The molecule has 0 amide bonds. The molecule has 1 saturated heterocycles. The predicted octanol–water partition coefficient (Wildman–Crippen LogP) is 2.01. The molecule has 3 N–H and O–H groups in total. The van der Waals surface area contributed by atoms with Gasteiger partial charge in [-0.1, -0.05) is 6.07 Å². The van der Waals surface area contributed by atoms with Crippen LogP contribution in [0.15, 0.2) is 36.5 Å². The van der Waals surface area contributed by atoms with E-state index in [1.54, 1.807) is 24.4 Å². The Kier molecular flexibility index (Phi) is 4.36. The molecule has 2 aromatic rings. The zero-order valence-electron chi connectivity index (χ0n) is 14.2. The van der Waals surface area contributed by atoms with Crippen LogP contribution in [0.4, 0.5) is 11.6 Å². The van der Waals surface area contributed by atoms with E-state index < -0.39 is 0 Å². The fourth-order valence-corrected chi connectivity index (χ4v) is 3.33. The molecule has 3 heterocycles. The Morgan fingerprint density at radius 1 is 1.08 bits per heavy atom. The first-order valence-electron chi connectivity index (χ1n) is 8.94. The minimum absolute atomic E-state index is 0.183. The lowest BCUT2D eigenvalue weighted by molar-refractivity contribution is 0.103. The number of nitrogen functional groups attached to an aromatic ring is 1. The Bertz CT molecular complexity index is 766. The van der Waals surface area contributed by atoms with E-state index in [0.29, 0.717) is 17.3 Å². The van der Waals surface area contributed by atoms with Crippen molar-refractivity contribution in [2.24, 2.45) is 0 Å². The first-order valence-corrected chi connectivity index (χ1v) is 8.94. The third-order valence-electron chi connectivity index (χ3n) is 4.92. The second-order valence-corrected chi connectivity index (χ2v) is 6.85. The summed E-state index contributed by atoms with van der Waals surface area (Å²) < 4.78 is 0. The first kappa shape index (κ1) is 16.0. The monoisotopic (exact) mass is 337 g/mol. The lowest BCUT2D eigenvalue weighted by Gasteiger charge is -2.33. The molecule has 0 aromatic carbocycles. The molecule has 1 saturated carbocycles. The molecule has 2 fully saturated rings. The molecule has 4 rings (SSSR count). The van der Waals surface area contributed by atoms with Gasteiger partial charge in [0.15, 0.2) is 0 Å². The van der Waals surface area contributed by atoms with Gasteiger partial charge in [-0.2, -0.15) is 0 Å². The van der Waals surface area contributed by atoms with E-state index in [-0.39, 0.29) is 11.6 Å². The van der Waals surface area contributed by atoms with Gasteiger partial charge in [0.05, 0.1) is 5.56 Å². The zero-order valence-corrected chi connectivity index (χ0v) is 14.2. The Labute approximate surface area is 147 Å². The number of nitrogens with zero attached hydrogens (tertiary/aromatic N) is 3. The number of ketones is 1. The number of hydrogen-bond acceptors (Lipinski definition) is 6. The van der Waals surface area contributed by atoms with E-state index in [1.807, 2.05) is 12.1 Å². The molecule has 2 aliphatic rings. The lowest BCUT2D eigenvalue weighted by atomic mass is 10.0. The van der Waals surface area contributed by atoms with Gasteiger partial charge in [0.1, 0.15) is 17.3 Å². The third-order valence-corrected chi connectivity index (χ3v) is 4.92. The fourth-order valence-electron chi connectivity index (χ4n) is 3.33. The molecule has 0 atom stereocenters. The predicted molar refractivity (Wildman–Crippen MR) is 97.7 cm³/mol. The maximum absolute atomic E-state index is 12.7. The largest absolute Gasteiger partial charge is 0.383 e. The van der Waals surface area contributed by atoms with Gasteiger partial charge in [-0.3, -0.25) is 4.79 Å². The van der Waals surface area contributed by atoms with Gasteiger partial charge in [-0.25, -0.2) is 9.97 Å². The molecular formula is C19H23N5O. The summed E-state index contributed by atoms with van der Waals surface area (Å²) in [4.78, 5) is 23.5. The Hall–Kier alpha value is -2.47. The third kappa shape index (κ3) is 3.64. The van der Waals surface area contributed by atoms with E-state index in [1.165, 1.54) is 12.8 Å². The van der Waals surface area contributed by atoms with Crippen molar-refractivity contribution in [1.82, 2.24) is 15.3 Å². The van der Waals surface area contributed by atoms with Crippen LogP contribution in [0, 0.1) is 0 Å². The number of pyridine rings is 2. The van der Waals surface area contributed by atoms with Crippen molar-refractivity contribution in [3.63, 3.8) is 0 Å². The molecule has 0 unspecified atom stereocenters. The van der Waals surface area contributed by atoms with Gasteiger partial charge in [-0.05, 0) is 49.9 Å². The van der Waals surface area contributed by atoms with Crippen LogP contribution < -0.4 is 16.0 Å². The second kappa shape index (κ2) is 6.80. The number of nitrogens with two attached hydrogens (primary N) is 1. The number of anilines is 2. The van der Waals surface area contributed by atoms with Gasteiger partial charge in [0.2, 0.25) is 5.78 Å². The molecule has 130 valence electrons. The zero-order chi connectivity index (χ0) is 17.2. The van der Waals surface area contributed by atoms with Crippen LogP contribution in [-0.4, -0.2) is 40.9 Å². The summed E-state index contributed by atoms with van der Waals surface area (Å²) in [5.41, 5.74) is 6.64. The Balaban J connectivity index is 1.46. The van der Waals surface area contributed by atoms with Crippen molar-refractivity contribution in [1.29, 1.82) is 0 Å². The summed E-state index contributed by atoms with van der Waals surface area (Å²) in [5, 5.41) is 3.70. The van der Waals surface area contributed by atoms with Crippen LogP contribution >= 0.6 is 0 Å². The van der Waals surface area contributed by atoms with Crippen molar-refractivity contribution in [3.05, 3.63) is 47.8 Å². The molecule has 2 aromatic heterocycles. The van der Waals surface area contributed by atoms with Gasteiger partial charge in [0, 0.05) is 31.4 Å². The van der Waals surface area contributed by atoms with Gasteiger partial charge >= 0.3 is 0 Å². The fraction of sp³-hybridized carbons (Fsp3) is 0.421. The molecule has 0 bridgehead atoms. The van der Waals surface area contributed by atoms with Crippen molar-refractivity contribution in [2.45, 2.75) is 37.8 Å². The average Bonchev–Trinajstić information content (AvgIpc) is 3.46. The van der Waals surface area contributed by atoms with Crippen LogP contribution in [0.1, 0.15) is 41.7 Å². The molecular weight excluding hydrogens is 314 g/mol. The highest BCUT2D eigenvalue weighted by molar-refractivity contribution is 6.10. The van der Waals surface area contributed by atoms with Gasteiger partial charge in [-0.15, -0.1) is 0 Å². The van der Waals surface area contributed by atoms with E-state index in [9.17, 15) is 4.79 Å². The van der Waals surface area contributed by atoms with Crippen LogP contribution in [0.2, 0.25) is 0 Å². The van der Waals surface area contributed by atoms with E-state index in [2.05, 4.69) is 20.2 Å². The van der Waals surface area contributed by atoms with Gasteiger partial charge < -0.3 is 16.0 Å². The number of carbonyl (C=O) groups excluding carboxylic acids is 1. The standard InChI is InChI=1S/C19H23N5O/c20-19-15(3-2-10-21-19)18(25)16-4-1-5-17(23-16)24-11-8-14(9-12-24)22-13-6-7-13/h1-5,10,13-14,22H,6-9,11-12H2,(H2,20,21). The van der Waals surface area contributed by atoms with Crippen molar-refractivity contribution in [2.75, 3.05) is 23.7 Å². The second-order valence-electron chi connectivity index (χ2n) is 6.85. The number of hydrogen-bond donors (Lipinski definition) is 2. The average molecular weight is 337 g/mol. The highest BCUT2D eigenvalue weighted by atomic mass is 16.1. The summed E-state index contributed by atoms with van der Waals surface area (Å²) in [6, 6.07) is 10.4. The van der Waals surface area contributed by atoms with E-state index in [4.69, 9.17) is 5.73 Å². The molecule has 1 aliphatic carbocycles.